The highest BCUT2D eigenvalue weighted by atomic mass is 32.2. The second-order valence-electron chi connectivity index (χ2n) is 2.75. The van der Waals surface area contributed by atoms with Crippen LogP contribution in [0.25, 0.3) is 0 Å². The van der Waals surface area contributed by atoms with Crippen LogP contribution >= 0.6 is 0 Å². The van der Waals surface area contributed by atoms with Gasteiger partial charge in [0.05, 0.1) is 0 Å². The second kappa shape index (κ2) is 6.76. The zero-order chi connectivity index (χ0) is 8.69. The Morgan fingerprint density at radius 3 is 2.64 bits per heavy atom. The Labute approximate surface area is 71.0 Å². The second-order valence-corrected chi connectivity index (χ2v) is 3.45. The predicted molar refractivity (Wildman–Crippen MR) is 45.7 cm³/mol. The number of nitrogens with one attached hydrogen (secondary N) is 1. The van der Waals surface area contributed by atoms with Gasteiger partial charge in [-0.05, 0) is 13.3 Å². The van der Waals surface area contributed by atoms with Crippen molar-refractivity contribution in [3.8, 4) is 0 Å². The van der Waals surface area contributed by atoms with Crippen molar-refractivity contribution in [1.82, 2.24) is 4.72 Å². The number of rotatable bonds is 6. The van der Waals surface area contributed by atoms with Crippen molar-refractivity contribution in [2.24, 2.45) is 0 Å². The van der Waals surface area contributed by atoms with Crippen LogP contribution in [0.3, 0.4) is 0 Å². The zero-order valence-corrected chi connectivity index (χ0v) is 7.95. The van der Waals surface area contributed by atoms with Crippen molar-refractivity contribution in [2.75, 3.05) is 0 Å². The maximum Gasteiger partial charge on any atom is 0.0183 e. The number of unbranched alkanes of at least 4 members (excludes halogenated alkanes) is 2. The third-order valence-corrected chi connectivity index (χ3v) is 2.13. The molecule has 4 heteroatoms. The van der Waals surface area contributed by atoms with Gasteiger partial charge >= 0.3 is 0 Å². The fraction of sp³-hybridized carbons (Fsp3) is 1.00. The van der Waals surface area contributed by atoms with E-state index in [4.69, 9.17) is 0 Å². The lowest BCUT2D eigenvalue weighted by Crippen LogP contribution is -2.27. The standard InChI is InChI=1S/C7H17NO2S/c1-3-4-5-6-7(2)8-11(9)10/h7-8H,3-6H2,1-2H3,(H,9,10)/p-1. The summed E-state index contributed by atoms with van der Waals surface area (Å²) in [6.45, 7) is 4.01. The highest BCUT2D eigenvalue weighted by molar-refractivity contribution is 7.77. The third kappa shape index (κ3) is 7.97. The first kappa shape index (κ1) is 11.1. The third-order valence-electron chi connectivity index (χ3n) is 1.54. The van der Waals surface area contributed by atoms with E-state index in [1.165, 1.54) is 12.8 Å². The summed E-state index contributed by atoms with van der Waals surface area (Å²) in [7, 11) is 0. The minimum absolute atomic E-state index is 0.0832. The first-order valence-corrected chi connectivity index (χ1v) is 5.09. The Bertz CT molecular complexity index is 119. The van der Waals surface area contributed by atoms with E-state index >= 15 is 0 Å². The Kier molecular flexibility index (Phi) is 6.80. The molecule has 0 aromatic carbocycles. The summed E-state index contributed by atoms with van der Waals surface area (Å²) < 4.78 is 22.7. The molecule has 0 saturated carbocycles. The normalized spacial score (nSPS) is 16.3. The van der Waals surface area contributed by atoms with Gasteiger partial charge in [0.2, 0.25) is 0 Å². The molecule has 68 valence electrons. The molecule has 0 aromatic rings. The van der Waals surface area contributed by atoms with Crippen molar-refractivity contribution in [2.45, 2.75) is 45.6 Å². The molecule has 2 atom stereocenters. The number of hydrogen-bond donors (Lipinski definition) is 1. The van der Waals surface area contributed by atoms with Crippen molar-refractivity contribution in [1.29, 1.82) is 0 Å². The van der Waals surface area contributed by atoms with Crippen LogP contribution < -0.4 is 4.72 Å². The zero-order valence-electron chi connectivity index (χ0n) is 7.13. The van der Waals surface area contributed by atoms with Gasteiger partial charge in [0, 0.05) is 17.3 Å². The van der Waals surface area contributed by atoms with Crippen LogP contribution in [-0.2, 0) is 11.3 Å². The summed E-state index contributed by atoms with van der Waals surface area (Å²) >= 11 is -2.10. The quantitative estimate of drug-likeness (QED) is 0.493. The first-order chi connectivity index (χ1) is 5.16. The summed E-state index contributed by atoms with van der Waals surface area (Å²) in [6, 6.07) is 0.0832. The Morgan fingerprint density at radius 2 is 2.18 bits per heavy atom. The highest BCUT2D eigenvalue weighted by Crippen LogP contribution is 2.02. The van der Waals surface area contributed by atoms with Crippen molar-refractivity contribution in [3.05, 3.63) is 0 Å². The van der Waals surface area contributed by atoms with Gasteiger partial charge in [-0.2, -0.15) is 0 Å². The van der Waals surface area contributed by atoms with Gasteiger partial charge in [-0.25, -0.2) is 4.72 Å². The Balaban J connectivity index is 3.22. The van der Waals surface area contributed by atoms with Gasteiger partial charge in [-0.1, -0.05) is 26.2 Å². The molecular formula is C7H16NO2S-. The topological polar surface area (TPSA) is 52.2 Å². The predicted octanol–water partition coefficient (Wildman–Crippen LogP) is 1.34. The van der Waals surface area contributed by atoms with Crippen molar-refractivity contribution >= 4 is 11.3 Å². The molecule has 0 amide bonds. The summed E-state index contributed by atoms with van der Waals surface area (Å²) in [4.78, 5) is 0. The van der Waals surface area contributed by atoms with Gasteiger partial charge < -0.3 is 4.55 Å². The summed E-state index contributed by atoms with van der Waals surface area (Å²) in [6.07, 6.45) is 4.38. The lowest BCUT2D eigenvalue weighted by atomic mass is 10.1. The monoisotopic (exact) mass is 178 g/mol. The van der Waals surface area contributed by atoms with Crippen LogP contribution in [0.15, 0.2) is 0 Å². The van der Waals surface area contributed by atoms with Crippen LogP contribution in [-0.4, -0.2) is 14.8 Å². The minimum Gasteiger partial charge on any atom is -0.760 e. The molecule has 11 heavy (non-hydrogen) atoms. The Morgan fingerprint density at radius 1 is 1.55 bits per heavy atom. The van der Waals surface area contributed by atoms with E-state index in [0.717, 1.165) is 12.8 Å². The van der Waals surface area contributed by atoms with E-state index < -0.39 is 11.3 Å². The molecule has 0 spiro atoms. The SMILES string of the molecule is CCCCCC(C)NS(=O)[O-]. The molecule has 3 nitrogen and oxygen atoms in total. The molecular weight excluding hydrogens is 162 g/mol. The van der Waals surface area contributed by atoms with Gasteiger partial charge in [-0.3, -0.25) is 4.21 Å². The molecule has 0 aliphatic rings. The average molecular weight is 178 g/mol. The van der Waals surface area contributed by atoms with Gasteiger partial charge in [0.25, 0.3) is 0 Å². The summed E-state index contributed by atoms with van der Waals surface area (Å²) in [5.74, 6) is 0. The molecule has 0 aliphatic heterocycles. The molecule has 0 saturated heterocycles. The van der Waals surface area contributed by atoms with E-state index in [0.29, 0.717) is 0 Å². The van der Waals surface area contributed by atoms with Crippen molar-refractivity contribution in [3.63, 3.8) is 0 Å². The number of hydrogen-bond acceptors (Lipinski definition) is 2. The van der Waals surface area contributed by atoms with Crippen molar-refractivity contribution < 1.29 is 8.76 Å². The van der Waals surface area contributed by atoms with Crippen LogP contribution in [0.1, 0.15) is 39.5 Å². The summed E-state index contributed by atoms with van der Waals surface area (Å²) in [5, 5.41) is 0. The molecule has 2 unspecified atom stereocenters. The highest BCUT2D eigenvalue weighted by Gasteiger charge is 1.98. The smallest absolute Gasteiger partial charge is 0.0183 e. The van der Waals surface area contributed by atoms with E-state index in [9.17, 15) is 8.76 Å². The van der Waals surface area contributed by atoms with Crippen LogP contribution in [0, 0.1) is 0 Å². The van der Waals surface area contributed by atoms with Gasteiger partial charge in [0.15, 0.2) is 0 Å². The molecule has 0 bridgehead atoms. The summed E-state index contributed by atoms with van der Waals surface area (Å²) in [5.41, 5.74) is 0. The molecule has 0 rings (SSSR count). The largest absolute Gasteiger partial charge is 0.760 e. The lowest BCUT2D eigenvalue weighted by Gasteiger charge is -2.14. The average Bonchev–Trinajstić information content (AvgIpc) is 1.86. The van der Waals surface area contributed by atoms with Gasteiger partial charge in [-0.15, -0.1) is 0 Å². The van der Waals surface area contributed by atoms with Gasteiger partial charge in [0.1, 0.15) is 0 Å². The Hall–Kier alpha value is 0.0700. The van der Waals surface area contributed by atoms with Crippen LogP contribution in [0.4, 0.5) is 0 Å². The maximum absolute atomic E-state index is 10.1. The molecule has 0 heterocycles. The lowest BCUT2D eigenvalue weighted by molar-refractivity contribution is 0.492. The first-order valence-electron chi connectivity index (χ1n) is 4.02. The van der Waals surface area contributed by atoms with E-state index in [1.54, 1.807) is 0 Å². The molecule has 0 aromatic heterocycles. The molecule has 0 aliphatic carbocycles. The minimum atomic E-state index is -2.10. The van der Waals surface area contributed by atoms with E-state index in [1.807, 2.05) is 6.92 Å². The maximum atomic E-state index is 10.1. The van der Waals surface area contributed by atoms with E-state index in [-0.39, 0.29) is 6.04 Å². The van der Waals surface area contributed by atoms with Crippen LogP contribution in [0.5, 0.6) is 0 Å². The molecule has 0 radical (unpaired) electrons. The van der Waals surface area contributed by atoms with E-state index in [2.05, 4.69) is 11.6 Å². The fourth-order valence-corrected chi connectivity index (χ4v) is 1.37. The molecule has 0 fully saturated rings. The fourth-order valence-electron chi connectivity index (χ4n) is 0.924. The van der Waals surface area contributed by atoms with Crippen LogP contribution in [0.2, 0.25) is 0 Å². The molecule has 1 N–H and O–H groups in total.